The highest BCUT2D eigenvalue weighted by molar-refractivity contribution is 6.90. The molecule has 0 heterocycles. The van der Waals surface area contributed by atoms with Crippen LogP contribution < -0.4 is 5.73 Å². The van der Waals surface area contributed by atoms with Crippen LogP contribution in [0.25, 0.3) is 0 Å². The molecule has 0 spiro atoms. The molecule has 0 atom stereocenters. The van der Waals surface area contributed by atoms with Crippen LogP contribution in [0, 0.1) is 0 Å². The van der Waals surface area contributed by atoms with Gasteiger partial charge >= 0.3 is 0 Å². The molecule has 0 unspecified atom stereocenters. The van der Waals surface area contributed by atoms with Gasteiger partial charge in [-0.3, -0.25) is 0 Å². The van der Waals surface area contributed by atoms with Crippen molar-refractivity contribution in [1.82, 2.24) is 4.23 Å². The van der Waals surface area contributed by atoms with Crippen LogP contribution in [0.15, 0.2) is 25.3 Å². The highest BCUT2D eigenvalue weighted by atomic mass is 28.4. The molecule has 0 aliphatic carbocycles. The molecule has 0 saturated carbocycles. The first-order valence-corrected chi connectivity index (χ1v) is 17.5. The van der Waals surface area contributed by atoms with Crippen molar-refractivity contribution in [3.8, 4) is 0 Å². The molecule has 2 N–H and O–H groups in total. The molecule has 0 saturated heterocycles. The van der Waals surface area contributed by atoms with Crippen molar-refractivity contribution in [2.45, 2.75) is 52.1 Å². The summed E-state index contributed by atoms with van der Waals surface area (Å²) in [7, 11) is -2.55. The lowest BCUT2D eigenvalue weighted by atomic mass is 10.6. The molecule has 8 heteroatoms. The molecule has 0 bridgehead atoms. The third kappa shape index (κ3) is 17.4. The topological polar surface area (TPSA) is 66.2 Å². The Labute approximate surface area is 189 Å². The molecule has 0 aliphatic heterocycles. The molecule has 0 amide bonds. The molecular weight excluding hydrogens is 412 g/mol. The van der Waals surface area contributed by atoms with Crippen LogP contribution in [-0.2, 0) is 18.9 Å². The summed E-state index contributed by atoms with van der Waals surface area (Å²) in [5.41, 5.74) is 5.19. The second-order valence-electron chi connectivity index (χ2n) is 8.22. The highest BCUT2D eigenvalue weighted by Crippen LogP contribution is 2.25. The number of nitrogens with zero attached hydrogens (tertiary/aromatic N) is 1. The van der Waals surface area contributed by atoms with Gasteiger partial charge in [-0.2, -0.15) is 0 Å². The smallest absolute Gasteiger partial charge is 0.115 e. The van der Waals surface area contributed by atoms with Crippen molar-refractivity contribution in [2.75, 3.05) is 65.9 Å². The third-order valence-corrected chi connectivity index (χ3v) is 15.6. The highest BCUT2D eigenvalue weighted by Gasteiger charge is 2.37. The second kappa shape index (κ2) is 20.6. The van der Waals surface area contributed by atoms with E-state index < -0.39 is 16.5 Å². The quantitative estimate of drug-likeness (QED) is 0.177. The fourth-order valence-corrected chi connectivity index (χ4v) is 12.5. The van der Waals surface area contributed by atoms with Crippen LogP contribution in [0.5, 0.6) is 0 Å². The summed E-state index contributed by atoms with van der Waals surface area (Å²) in [6.45, 7) is 28.6. The third-order valence-electron chi connectivity index (χ3n) is 5.13. The number of nitrogens with two attached hydrogens (primary N) is 1. The minimum absolute atomic E-state index is 0.571. The molecule has 6 nitrogen and oxygen atoms in total. The first kappa shape index (κ1) is 31.9. The van der Waals surface area contributed by atoms with E-state index in [1.807, 2.05) is 0 Å². The van der Waals surface area contributed by atoms with Gasteiger partial charge in [0.1, 0.15) is 16.5 Å². The van der Waals surface area contributed by atoms with Gasteiger partial charge in [-0.05, 0) is 12.1 Å². The van der Waals surface area contributed by atoms with E-state index in [1.165, 1.54) is 12.1 Å². The van der Waals surface area contributed by atoms with Crippen LogP contribution in [0.3, 0.4) is 0 Å². The van der Waals surface area contributed by atoms with Gasteiger partial charge in [0.25, 0.3) is 0 Å². The van der Waals surface area contributed by atoms with Gasteiger partial charge < -0.3 is 28.9 Å². The molecule has 0 aliphatic rings. The lowest BCUT2D eigenvalue weighted by Crippen LogP contribution is -2.62. The van der Waals surface area contributed by atoms with Crippen LogP contribution >= 0.6 is 0 Å². The monoisotopic (exact) mass is 462 g/mol. The largest absolute Gasteiger partial charge is 0.378 e. The Bertz CT molecular complexity index is 395. The molecule has 0 rings (SSSR count). The summed E-state index contributed by atoms with van der Waals surface area (Å²) >= 11 is 0. The van der Waals surface area contributed by atoms with E-state index in [0.717, 1.165) is 13.2 Å². The zero-order valence-corrected chi connectivity index (χ0v) is 22.7. The average Bonchev–Trinajstić information content (AvgIpc) is 2.72. The summed E-state index contributed by atoms with van der Waals surface area (Å²) < 4.78 is 24.0. The van der Waals surface area contributed by atoms with Crippen molar-refractivity contribution in [1.29, 1.82) is 0 Å². The van der Waals surface area contributed by atoms with E-state index >= 15 is 0 Å². The SMILES string of the molecule is C=CCOCCOCCN.C=CCOCCOCCN([Si](C)(C)CC)[Si](C)(C)CC. The lowest BCUT2D eigenvalue weighted by Gasteiger charge is -2.46. The zero-order chi connectivity index (χ0) is 23.3. The Kier molecular flexibility index (Phi) is 21.8. The Morgan fingerprint density at radius 2 is 1.10 bits per heavy atom. The Balaban J connectivity index is 0. The summed E-state index contributed by atoms with van der Waals surface area (Å²) in [5.74, 6) is 0. The van der Waals surface area contributed by atoms with Gasteiger partial charge in [0, 0.05) is 13.1 Å². The zero-order valence-electron chi connectivity index (χ0n) is 20.7. The van der Waals surface area contributed by atoms with E-state index in [-0.39, 0.29) is 0 Å². The standard InChI is InChI=1S/C15H35NO2Si2.C7H15NO2/c1-8-12-17-14-15-18-13-11-16(19(4,5)9-2)20(6,7)10-3;1-2-4-9-6-7-10-5-3-8/h8H,1,9-15H2,2-7H3;2H,1,3-8H2. The second-order valence-corrected chi connectivity index (χ2v) is 18.4. The Morgan fingerprint density at radius 3 is 1.47 bits per heavy atom. The van der Waals surface area contributed by atoms with Crippen LogP contribution in [-0.4, -0.2) is 86.6 Å². The average molecular weight is 463 g/mol. The fraction of sp³-hybridized carbons (Fsp3) is 0.818. The molecule has 180 valence electrons. The molecule has 0 fully saturated rings. The van der Waals surface area contributed by atoms with Crippen LogP contribution in [0.4, 0.5) is 0 Å². The van der Waals surface area contributed by atoms with Gasteiger partial charge in [-0.25, -0.2) is 0 Å². The predicted molar refractivity (Wildman–Crippen MR) is 135 cm³/mol. The minimum Gasteiger partial charge on any atom is -0.378 e. The summed E-state index contributed by atoms with van der Waals surface area (Å²) in [5, 5.41) is 0. The molecule has 0 aromatic carbocycles. The molecule has 0 aromatic heterocycles. The minimum atomic E-state index is -1.27. The summed E-state index contributed by atoms with van der Waals surface area (Å²) in [6, 6.07) is 2.62. The molecule has 0 radical (unpaired) electrons. The molecule has 30 heavy (non-hydrogen) atoms. The maximum absolute atomic E-state index is 5.73. The first-order chi connectivity index (χ1) is 14.2. The lowest BCUT2D eigenvalue weighted by molar-refractivity contribution is 0.0571. The first-order valence-electron chi connectivity index (χ1n) is 11.2. The summed E-state index contributed by atoms with van der Waals surface area (Å²) in [4.78, 5) is 0. The van der Waals surface area contributed by atoms with E-state index in [9.17, 15) is 0 Å². The van der Waals surface area contributed by atoms with E-state index in [4.69, 9.17) is 24.7 Å². The molecule has 0 aromatic rings. The number of rotatable bonds is 19. The maximum Gasteiger partial charge on any atom is 0.115 e. The van der Waals surface area contributed by atoms with Crippen molar-refractivity contribution >= 4 is 16.5 Å². The van der Waals surface area contributed by atoms with E-state index in [1.54, 1.807) is 12.2 Å². The maximum atomic E-state index is 5.73. The Morgan fingerprint density at radius 1 is 0.700 bits per heavy atom. The van der Waals surface area contributed by atoms with Crippen molar-refractivity contribution in [3.05, 3.63) is 25.3 Å². The fourth-order valence-electron chi connectivity index (χ4n) is 2.82. The van der Waals surface area contributed by atoms with Crippen LogP contribution in [0.2, 0.25) is 38.3 Å². The molecular formula is C22H50N2O4Si2. The number of hydrogen-bond acceptors (Lipinski definition) is 6. The van der Waals surface area contributed by atoms with Crippen LogP contribution in [0.1, 0.15) is 13.8 Å². The van der Waals surface area contributed by atoms with Gasteiger partial charge in [0.15, 0.2) is 0 Å². The summed E-state index contributed by atoms with van der Waals surface area (Å²) in [6.07, 6.45) is 3.48. The van der Waals surface area contributed by atoms with Gasteiger partial charge in [0.2, 0.25) is 0 Å². The van der Waals surface area contributed by atoms with Gasteiger partial charge in [-0.15, -0.1) is 13.2 Å². The number of hydrogen-bond donors (Lipinski definition) is 1. The Hall–Kier alpha value is -0.326. The van der Waals surface area contributed by atoms with E-state index in [0.29, 0.717) is 52.8 Å². The van der Waals surface area contributed by atoms with Gasteiger partial charge in [0.05, 0.1) is 52.9 Å². The normalized spacial score (nSPS) is 11.9. The predicted octanol–water partition coefficient (Wildman–Crippen LogP) is 4.12. The van der Waals surface area contributed by atoms with Crippen molar-refractivity contribution in [3.63, 3.8) is 0 Å². The van der Waals surface area contributed by atoms with Crippen molar-refractivity contribution in [2.24, 2.45) is 5.73 Å². The van der Waals surface area contributed by atoms with Gasteiger partial charge in [-0.1, -0.05) is 52.2 Å². The van der Waals surface area contributed by atoms with E-state index in [2.05, 4.69) is 57.4 Å². The number of ether oxygens (including phenoxy) is 4. The van der Waals surface area contributed by atoms with Crippen molar-refractivity contribution < 1.29 is 18.9 Å².